The van der Waals surface area contributed by atoms with Gasteiger partial charge in [0, 0.05) is 0 Å². The maximum Gasteiger partial charge on any atom is 0.187 e. The lowest BCUT2D eigenvalue weighted by atomic mass is 9.99. The maximum atomic E-state index is 10.7. The van der Waals surface area contributed by atoms with Crippen molar-refractivity contribution in [2.24, 2.45) is 0 Å². The fourth-order valence-corrected chi connectivity index (χ4v) is 1.40. The second-order valence-electron chi connectivity index (χ2n) is 3.71. The Bertz CT molecular complexity index is 242. The van der Waals surface area contributed by atoms with Crippen LogP contribution >= 0.6 is 0 Å². The first-order valence-corrected chi connectivity index (χ1v) is 4.89. The predicted octanol–water partition coefficient (Wildman–Crippen LogP) is -2.61. The summed E-state index contributed by atoms with van der Waals surface area (Å²) in [6.45, 7) is 0.498. The molecule has 0 saturated carbocycles. The summed E-state index contributed by atoms with van der Waals surface area (Å²) >= 11 is 0. The Morgan fingerprint density at radius 3 is 2.38 bits per heavy atom. The van der Waals surface area contributed by atoms with Gasteiger partial charge in [-0.1, -0.05) is 0 Å². The SMILES string of the molecule is CC(=O)CO[C@H]1O[C@H](CO)[C@@H](O)[C@H](O)[C@@H]1O. The Hall–Kier alpha value is -0.570. The third-order valence-electron chi connectivity index (χ3n) is 2.30. The van der Waals surface area contributed by atoms with Gasteiger partial charge in [0.05, 0.1) is 6.61 Å². The van der Waals surface area contributed by atoms with E-state index in [0.29, 0.717) is 0 Å². The number of aliphatic hydroxyl groups is 4. The van der Waals surface area contributed by atoms with Gasteiger partial charge in [0.25, 0.3) is 0 Å². The highest BCUT2D eigenvalue weighted by Crippen LogP contribution is 2.21. The summed E-state index contributed by atoms with van der Waals surface area (Å²) in [5, 5.41) is 37.2. The third-order valence-corrected chi connectivity index (χ3v) is 2.30. The highest BCUT2D eigenvalue weighted by atomic mass is 16.7. The molecule has 5 atom stereocenters. The van der Waals surface area contributed by atoms with Crippen LogP contribution in [0.25, 0.3) is 0 Å². The number of hydrogen-bond donors (Lipinski definition) is 4. The van der Waals surface area contributed by atoms with Crippen molar-refractivity contribution in [2.45, 2.75) is 37.6 Å². The first-order valence-electron chi connectivity index (χ1n) is 4.89. The standard InChI is InChI=1S/C9H16O7/c1-4(11)3-15-9-8(14)7(13)6(12)5(2-10)16-9/h5-10,12-14H,2-3H2,1H3/t5-,6-,7+,8+,9+/m1/s1. The molecule has 0 radical (unpaired) electrons. The van der Waals surface area contributed by atoms with Crippen molar-refractivity contribution in [2.75, 3.05) is 13.2 Å². The molecule has 1 aliphatic rings. The van der Waals surface area contributed by atoms with Gasteiger partial charge in [0.15, 0.2) is 12.1 Å². The molecular weight excluding hydrogens is 220 g/mol. The van der Waals surface area contributed by atoms with Crippen LogP contribution < -0.4 is 0 Å². The van der Waals surface area contributed by atoms with Gasteiger partial charge in [-0.15, -0.1) is 0 Å². The summed E-state index contributed by atoms with van der Waals surface area (Å²) in [6, 6.07) is 0. The minimum absolute atomic E-state index is 0.267. The molecule has 0 amide bonds. The summed E-state index contributed by atoms with van der Waals surface area (Å²) in [6.07, 6.45) is -6.62. The zero-order valence-corrected chi connectivity index (χ0v) is 8.81. The predicted molar refractivity (Wildman–Crippen MR) is 50.4 cm³/mol. The molecule has 16 heavy (non-hydrogen) atoms. The summed E-state index contributed by atoms with van der Waals surface area (Å²) < 4.78 is 9.90. The molecule has 0 aromatic rings. The van der Waals surface area contributed by atoms with Gasteiger partial charge in [0.1, 0.15) is 31.0 Å². The summed E-state index contributed by atoms with van der Waals surface area (Å²) in [5.41, 5.74) is 0. The van der Waals surface area contributed by atoms with Crippen molar-refractivity contribution < 1.29 is 34.7 Å². The number of hydrogen-bond acceptors (Lipinski definition) is 7. The van der Waals surface area contributed by atoms with Crippen LogP contribution in [0.5, 0.6) is 0 Å². The van der Waals surface area contributed by atoms with Crippen molar-refractivity contribution in [1.29, 1.82) is 0 Å². The van der Waals surface area contributed by atoms with Crippen LogP contribution in [-0.2, 0) is 14.3 Å². The zero-order valence-electron chi connectivity index (χ0n) is 8.81. The van der Waals surface area contributed by atoms with Gasteiger partial charge in [-0.25, -0.2) is 0 Å². The van der Waals surface area contributed by atoms with E-state index in [-0.39, 0.29) is 12.4 Å². The average Bonchev–Trinajstić information content (AvgIpc) is 2.25. The maximum absolute atomic E-state index is 10.7. The van der Waals surface area contributed by atoms with E-state index in [1.54, 1.807) is 0 Å². The minimum Gasteiger partial charge on any atom is -0.394 e. The van der Waals surface area contributed by atoms with Crippen LogP contribution in [0, 0.1) is 0 Å². The van der Waals surface area contributed by atoms with Crippen LogP contribution in [0.1, 0.15) is 6.92 Å². The minimum atomic E-state index is -1.48. The quantitative estimate of drug-likeness (QED) is 0.422. The fourth-order valence-electron chi connectivity index (χ4n) is 1.40. The van der Waals surface area contributed by atoms with Crippen LogP contribution in [0.3, 0.4) is 0 Å². The van der Waals surface area contributed by atoms with Crippen molar-refractivity contribution >= 4 is 5.78 Å². The molecule has 1 saturated heterocycles. The van der Waals surface area contributed by atoms with Crippen LogP contribution in [0.4, 0.5) is 0 Å². The Morgan fingerprint density at radius 1 is 1.25 bits per heavy atom. The molecule has 1 aliphatic heterocycles. The normalized spacial score (nSPS) is 39.7. The molecule has 0 aromatic carbocycles. The first-order chi connectivity index (χ1) is 7.47. The second kappa shape index (κ2) is 5.67. The fraction of sp³-hybridized carbons (Fsp3) is 0.889. The molecular formula is C9H16O7. The first kappa shape index (κ1) is 13.5. The van der Waals surface area contributed by atoms with Crippen LogP contribution in [-0.4, -0.2) is 70.1 Å². The van der Waals surface area contributed by atoms with E-state index in [0.717, 1.165) is 0 Å². The van der Waals surface area contributed by atoms with E-state index in [2.05, 4.69) is 0 Å². The van der Waals surface area contributed by atoms with Gasteiger partial charge in [0.2, 0.25) is 0 Å². The highest BCUT2D eigenvalue weighted by Gasteiger charge is 2.43. The molecule has 0 unspecified atom stereocenters. The molecule has 0 aromatic heterocycles. The molecule has 1 heterocycles. The lowest BCUT2D eigenvalue weighted by Gasteiger charge is -2.39. The molecule has 0 aliphatic carbocycles. The Morgan fingerprint density at radius 2 is 1.88 bits per heavy atom. The number of aliphatic hydroxyl groups excluding tert-OH is 4. The average molecular weight is 236 g/mol. The van der Waals surface area contributed by atoms with Crippen molar-refractivity contribution in [3.05, 3.63) is 0 Å². The number of Topliss-reactive ketones (excluding diaryl/α,β-unsaturated/α-hetero) is 1. The molecule has 1 rings (SSSR count). The van der Waals surface area contributed by atoms with E-state index in [1.807, 2.05) is 0 Å². The van der Waals surface area contributed by atoms with Gasteiger partial charge in [-0.05, 0) is 6.92 Å². The molecule has 7 heteroatoms. The van der Waals surface area contributed by atoms with Crippen LogP contribution in [0.15, 0.2) is 0 Å². The van der Waals surface area contributed by atoms with Crippen LogP contribution in [0.2, 0.25) is 0 Å². The van der Waals surface area contributed by atoms with E-state index in [4.69, 9.17) is 14.6 Å². The Kier molecular flexibility index (Phi) is 4.78. The molecule has 94 valence electrons. The van der Waals surface area contributed by atoms with E-state index in [9.17, 15) is 20.1 Å². The number of carbonyl (C=O) groups excluding carboxylic acids is 1. The smallest absolute Gasteiger partial charge is 0.187 e. The second-order valence-corrected chi connectivity index (χ2v) is 3.71. The monoisotopic (exact) mass is 236 g/mol. The molecule has 0 spiro atoms. The molecule has 0 bridgehead atoms. The molecule has 1 fully saturated rings. The van der Waals surface area contributed by atoms with Gasteiger partial charge in [-0.3, -0.25) is 4.79 Å². The summed E-state index contributed by atoms with van der Waals surface area (Å²) in [4.78, 5) is 10.7. The highest BCUT2D eigenvalue weighted by molar-refractivity contribution is 5.76. The number of rotatable bonds is 4. The summed E-state index contributed by atoms with van der Waals surface area (Å²) in [7, 11) is 0. The topological polar surface area (TPSA) is 116 Å². The lowest BCUT2D eigenvalue weighted by molar-refractivity contribution is -0.299. The largest absolute Gasteiger partial charge is 0.394 e. The Balaban J connectivity index is 2.60. The number of ketones is 1. The van der Waals surface area contributed by atoms with E-state index < -0.39 is 37.3 Å². The number of carbonyl (C=O) groups is 1. The summed E-state index contributed by atoms with van der Waals surface area (Å²) in [5.74, 6) is -0.267. The number of ether oxygens (including phenoxy) is 2. The third kappa shape index (κ3) is 2.97. The van der Waals surface area contributed by atoms with E-state index in [1.165, 1.54) is 6.92 Å². The van der Waals surface area contributed by atoms with Gasteiger partial charge >= 0.3 is 0 Å². The molecule has 4 N–H and O–H groups in total. The zero-order chi connectivity index (χ0) is 12.3. The molecule has 7 nitrogen and oxygen atoms in total. The van der Waals surface area contributed by atoms with Gasteiger partial charge in [-0.2, -0.15) is 0 Å². The Labute approximate surface area is 92.2 Å². The van der Waals surface area contributed by atoms with E-state index >= 15 is 0 Å². The lowest BCUT2D eigenvalue weighted by Crippen LogP contribution is -2.59. The van der Waals surface area contributed by atoms with Crippen molar-refractivity contribution in [3.63, 3.8) is 0 Å². The van der Waals surface area contributed by atoms with Crippen molar-refractivity contribution in [1.82, 2.24) is 0 Å². The van der Waals surface area contributed by atoms with Crippen molar-refractivity contribution in [3.8, 4) is 0 Å². The van der Waals surface area contributed by atoms with Gasteiger partial charge < -0.3 is 29.9 Å².